The van der Waals surface area contributed by atoms with Gasteiger partial charge in [-0.25, -0.2) is 4.98 Å². The van der Waals surface area contributed by atoms with Gasteiger partial charge in [-0.05, 0) is 34.1 Å². The second kappa shape index (κ2) is 5.89. The van der Waals surface area contributed by atoms with Crippen molar-refractivity contribution < 1.29 is 9.47 Å². The van der Waals surface area contributed by atoms with Crippen LogP contribution in [0.15, 0.2) is 34.9 Å². The van der Waals surface area contributed by atoms with E-state index in [1.807, 2.05) is 18.2 Å². The molecule has 6 heteroatoms. The summed E-state index contributed by atoms with van der Waals surface area (Å²) >= 11 is 9.30. The largest absolute Gasteiger partial charge is 0.490 e. The van der Waals surface area contributed by atoms with Gasteiger partial charge in [-0.2, -0.15) is 0 Å². The topological polar surface area (TPSA) is 43.4 Å². The van der Waals surface area contributed by atoms with Crippen molar-refractivity contribution in [1.29, 1.82) is 0 Å². The molecular weight excluding hydrogens is 344 g/mol. The second-order valence-electron chi connectivity index (χ2n) is 4.32. The van der Waals surface area contributed by atoms with E-state index in [-0.39, 0.29) is 0 Å². The molecule has 0 unspecified atom stereocenters. The van der Waals surface area contributed by atoms with E-state index in [1.54, 1.807) is 12.3 Å². The number of nitrogens with one attached hydrogen (secondary N) is 1. The number of hydrogen-bond acceptors (Lipinski definition) is 4. The Bertz CT molecular complexity index is 637. The highest BCUT2D eigenvalue weighted by molar-refractivity contribution is 9.10. The average Bonchev–Trinajstić information content (AvgIpc) is 2.66. The number of aromatic nitrogens is 1. The maximum atomic E-state index is 5.88. The van der Waals surface area contributed by atoms with Gasteiger partial charge in [0.25, 0.3) is 0 Å². The van der Waals surface area contributed by atoms with Crippen LogP contribution in [0.4, 0.5) is 11.5 Å². The molecule has 1 N–H and O–H groups in total. The van der Waals surface area contributed by atoms with Gasteiger partial charge in [-0.1, -0.05) is 11.6 Å². The fourth-order valence-corrected chi connectivity index (χ4v) is 2.62. The summed E-state index contributed by atoms with van der Waals surface area (Å²) < 4.78 is 12.1. The van der Waals surface area contributed by atoms with Crippen LogP contribution in [0.2, 0.25) is 5.02 Å². The van der Waals surface area contributed by atoms with Crippen LogP contribution in [-0.4, -0.2) is 18.2 Å². The van der Waals surface area contributed by atoms with Gasteiger partial charge < -0.3 is 14.8 Å². The Balaban J connectivity index is 1.86. The minimum atomic E-state index is 0.584. The van der Waals surface area contributed by atoms with Crippen LogP contribution < -0.4 is 14.8 Å². The van der Waals surface area contributed by atoms with Crippen LogP contribution in [0.5, 0.6) is 11.5 Å². The number of rotatable bonds is 2. The molecule has 0 spiro atoms. The molecular formula is C14H12BrClN2O2. The first kappa shape index (κ1) is 13.5. The van der Waals surface area contributed by atoms with Crippen LogP contribution in [-0.2, 0) is 0 Å². The Hall–Kier alpha value is -1.46. The van der Waals surface area contributed by atoms with E-state index in [9.17, 15) is 0 Å². The lowest BCUT2D eigenvalue weighted by molar-refractivity contribution is 0.297. The van der Waals surface area contributed by atoms with E-state index >= 15 is 0 Å². The highest BCUT2D eigenvalue weighted by Crippen LogP contribution is 2.34. The van der Waals surface area contributed by atoms with Crippen molar-refractivity contribution in [3.05, 3.63) is 40.0 Å². The molecule has 20 heavy (non-hydrogen) atoms. The Morgan fingerprint density at radius 2 is 1.95 bits per heavy atom. The quantitative estimate of drug-likeness (QED) is 0.867. The van der Waals surface area contributed by atoms with Gasteiger partial charge in [-0.3, -0.25) is 0 Å². The minimum Gasteiger partial charge on any atom is -0.490 e. The first-order chi connectivity index (χ1) is 9.72. The monoisotopic (exact) mass is 354 g/mol. The maximum Gasteiger partial charge on any atom is 0.163 e. The number of pyridine rings is 1. The Kier molecular flexibility index (Phi) is 3.98. The molecule has 104 valence electrons. The molecule has 4 nitrogen and oxygen atoms in total. The van der Waals surface area contributed by atoms with Crippen molar-refractivity contribution in [2.75, 3.05) is 18.5 Å². The number of fused-ring (bicyclic) bond motifs is 1. The van der Waals surface area contributed by atoms with Crippen LogP contribution in [0.25, 0.3) is 0 Å². The summed E-state index contributed by atoms with van der Waals surface area (Å²) in [4.78, 5) is 4.24. The molecule has 2 aromatic rings. The van der Waals surface area contributed by atoms with Gasteiger partial charge in [0, 0.05) is 24.4 Å². The highest BCUT2D eigenvalue weighted by Gasteiger charge is 2.11. The van der Waals surface area contributed by atoms with Crippen molar-refractivity contribution in [3.63, 3.8) is 0 Å². The molecule has 0 aliphatic carbocycles. The smallest absolute Gasteiger partial charge is 0.163 e. The van der Waals surface area contributed by atoms with Crippen molar-refractivity contribution in [2.45, 2.75) is 6.42 Å². The summed E-state index contributed by atoms with van der Waals surface area (Å²) in [6, 6.07) is 7.52. The average molecular weight is 356 g/mol. The van der Waals surface area contributed by atoms with E-state index in [4.69, 9.17) is 21.1 Å². The zero-order valence-electron chi connectivity index (χ0n) is 10.5. The summed E-state index contributed by atoms with van der Waals surface area (Å²) in [5.41, 5.74) is 0.879. The van der Waals surface area contributed by atoms with Gasteiger partial charge in [0.15, 0.2) is 11.5 Å². The van der Waals surface area contributed by atoms with Crippen LogP contribution in [0.3, 0.4) is 0 Å². The van der Waals surface area contributed by atoms with Gasteiger partial charge in [0.1, 0.15) is 5.82 Å². The third kappa shape index (κ3) is 2.99. The molecule has 1 aliphatic rings. The molecule has 1 aliphatic heterocycles. The van der Waals surface area contributed by atoms with Crippen molar-refractivity contribution in [2.24, 2.45) is 0 Å². The molecule has 0 atom stereocenters. The maximum absolute atomic E-state index is 5.88. The van der Waals surface area contributed by atoms with Crippen LogP contribution >= 0.6 is 27.5 Å². The number of nitrogens with zero attached hydrogens (tertiary/aromatic N) is 1. The summed E-state index contributed by atoms with van der Waals surface area (Å²) in [7, 11) is 0. The van der Waals surface area contributed by atoms with E-state index in [2.05, 4.69) is 26.2 Å². The van der Waals surface area contributed by atoms with E-state index in [1.165, 1.54) is 0 Å². The number of ether oxygens (including phenoxy) is 2. The van der Waals surface area contributed by atoms with Crippen molar-refractivity contribution in [1.82, 2.24) is 4.98 Å². The number of halogens is 2. The normalized spacial score (nSPS) is 13.7. The third-order valence-electron chi connectivity index (χ3n) is 2.82. The fraction of sp³-hybridized carbons (Fsp3) is 0.214. The molecule has 0 bridgehead atoms. The SMILES string of the molecule is Clc1cnc(Nc2ccc3c(c2)OCCCO3)c(Br)c1. The second-order valence-corrected chi connectivity index (χ2v) is 5.61. The number of anilines is 2. The van der Waals surface area contributed by atoms with Crippen LogP contribution in [0, 0.1) is 0 Å². The zero-order valence-corrected chi connectivity index (χ0v) is 12.9. The lowest BCUT2D eigenvalue weighted by atomic mass is 10.2. The predicted octanol–water partition coefficient (Wildman–Crippen LogP) is 4.40. The summed E-state index contributed by atoms with van der Waals surface area (Å²) in [5, 5.41) is 3.80. The van der Waals surface area contributed by atoms with Crippen molar-refractivity contribution >= 4 is 39.0 Å². The Labute approximate surface area is 130 Å². The highest BCUT2D eigenvalue weighted by atomic mass is 79.9. The predicted molar refractivity (Wildman–Crippen MR) is 82.3 cm³/mol. The molecule has 1 aromatic carbocycles. The standard InChI is InChI=1S/C14H12BrClN2O2/c15-11-6-9(16)8-17-14(11)18-10-2-3-12-13(7-10)20-5-1-4-19-12/h2-3,6-8H,1,4-5H2,(H,17,18). The van der Waals surface area contributed by atoms with Crippen molar-refractivity contribution in [3.8, 4) is 11.5 Å². The lowest BCUT2D eigenvalue weighted by Crippen LogP contribution is -1.97. The van der Waals surface area contributed by atoms with E-state index in [0.29, 0.717) is 24.1 Å². The minimum absolute atomic E-state index is 0.584. The zero-order chi connectivity index (χ0) is 13.9. The molecule has 0 saturated carbocycles. The van der Waals surface area contributed by atoms with E-state index < -0.39 is 0 Å². The first-order valence-electron chi connectivity index (χ1n) is 6.20. The summed E-state index contributed by atoms with van der Waals surface area (Å²) in [5.74, 6) is 2.22. The fourth-order valence-electron chi connectivity index (χ4n) is 1.88. The van der Waals surface area contributed by atoms with Gasteiger partial charge in [0.05, 0.1) is 22.7 Å². The molecule has 1 aromatic heterocycles. The number of hydrogen-bond donors (Lipinski definition) is 1. The van der Waals surface area contributed by atoms with Crippen LogP contribution in [0.1, 0.15) is 6.42 Å². The number of benzene rings is 1. The van der Waals surface area contributed by atoms with Gasteiger partial charge >= 0.3 is 0 Å². The first-order valence-corrected chi connectivity index (χ1v) is 7.37. The molecule has 2 heterocycles. The van der Waals surface area contributed by atoms with E-state index in [0.717, 1.165) is 28.1 Å². The summed E-state index contributed by atoms with van der Waals surface area (Å²) in [6.07, 6.45) is 2.49. The molecule has 0 amide bonds. The third-order valence-corrected chi connectivity index (χ3v) is 3.63. The summed E-state index contributed by atoms with van der Waals surface area (Å²) in [6.45, 7) is 1.35. The Morgan fingerprint density at radius 1 is 1.15 bits per heavy atom. The molecule has 0 saturated heterocycles. The van der Waals surface area contributed by atoms with Gasteiger partial charge in [0.2, 0.25) is 0 Å². The van der Waals surface area contributed by atoms with Gasteiger partial charge in [-0.15, -0.1) is 0 Å². The molecule has 3 rings (SSSR count). The molecule has 0 fully saturated rings. The Morgan fingerprint density at radius 3 is 2.75 bits per heavy atom. The lowest BCUT2D eigenvalue weighted by Gasteiger charge is -2.11. The molecule has 0 radical (unpaired) electrons.